The smallest absolute Gasteiger partial charge is 0.324 e. The number of thiophene rings is 1. The molecule has 3 amide bonds. The number of carbonyl (C=O) groups excluding carboxylic acids is 2. The minimum Gasteiger partial charge on any atom is -0.345 e. The predicted octanol–water partition coefficient (Wildman–Crippen LogP) is 3.50. The third-order valence-corrected chi connectivity index (χ3v) is 5.20. The van der Waals surface area contributed by atoms with Crippen molar-refractivity contribution in [3.8, 4) is 0 Å². The van der Waals surface area contributed by atoms with Gasteiger partial charge in [0.1, 0.15) is 0 Å². The first-order valence-electron chi connectivity index (χ1n) is 8.09. The lowest BCUT2D eigenvalue weighted by Crippen LogP contribution is -2.54. The molecule has 6 nitrogen and oxygen atoms in total. The molecule has 25 heavy (non-hydrogen) atoms. The summed E-state index contributed by atoms with van der Waals surface area (Å²) in [5.41, 5.74) is 6.03. The molecule has 7 heteroatoms. The van der Waals surface area contributed by atoms with Gasteiger partial charge in [-0.3, -0.25) is 10.1 Å². The molecular formula is C18H24N4O2S. The van der Waals surface area contributed by atoms with Crippen LogP contribution in [-0.2, 0) is 0 Å². The van der Waals surface area contributed by atoms with Crippen molar-refractivity contribution in [3.63, 3.8) is 0 Å². The zero-order chi connectivity index (χ0) is 18.4. The van der Waals surface area contributed by atoms with Gasteiger partial charge in [0.05, 0.1) is 15.4 Å². The maximum atomic E-state index is 12.4. The summed E-state index contributed by atoms with van der Waals surface area (Å²) >= 11 is 1.22. The number of hydrogen-bond donors (Lipinski definition) is 4. The molecule has 0 bridgehead atoms. The molecule has 134 valence electrons. The summed E-state index contributed by atoms with van der Waals surface area (Å²) in [5.74, 6) is 0.0128. The Labute approximate surface area is 151 Å². The van der Waals surface area contributed by atoms with Crippen molar-refractivity contribution < 1.29 is 9.59 Å². The van der Waals surface area contributed by atoms with E-state index in [2.05, 4.69) is 16.0 Å². The molecule has 2 aromatic rings. The van der Waals surface area contributed by atoms with Crippen LogP contribution >= 0.6 is 11.3 Å². The summed E-state index contributed by atoms with van der Waals surface area (Å²) in [5, 5.41) is 9.04. The molecule has 0 fully saturated rings. The molecule has 1 heterocycles. The van der Waals surface area contributed by atoms with E-state index in [9.17, 15) is 9.59 Å². The Morgan fingerprint density at radius 2 is 1.80 bits per heavy atom. The first-order valence-corrected chi connectivity index (χ1v) is 8.91. The lowest BCUT2D eigenvalue weighted by atomic mass is 9.88. The van der Waals surface area contributed by atoms with E-state index in [1.165, 1.54) is 11.3 Å². The van der Waals surface area contributed by atoms with Crippen molar-refractivity contribution in [1.82, 2.24) is 5.32 Å². The van der Waals surface area contributed by atoms with E-state index < -0.39 is 5.54 Å². The molecule has 0 spiro atoms. The number of urea groups is 1. The molecule has 2 rings (SSSR count). The Kier molecular flexibility index (Phi) is 6.17. The van der Waals surface area contributed by atoms with Gasteiger partial charge in [-0.2, -0.15) is 0 Å². The number of anilines is 2. The SMILES string of the molecule is CC(C)C(C)(CN)NC(=O)c1ccc(NC(=O)Nc2ccccc2)s1. The Morgan fingerprint density at radius 3 is 2.40 bits per heavy atom. The highest BCUT2D eigenvalue weighted by Crippen LogP contribution is 2.24. The molecular weight excluding hydrogens is 336 g/mol. The number of para-hydroxylation sites is 1. The van der Waals surface area contributed by atoms with Crippen LogP contribution in [0.3, 0.4) is 0 Å². The Hall–Kier alpha value is -2.38. The van der Waals surface area contributed by atoms with Gasteiger partial charge in [0, 0.05) is 12.2 Å². The zero-order valence-electron chi connectivity index (χ0n) is 14.6. The summed E-state index contributed by atoms with van der Waals surface area (Å²) in [6, 6.07) is 12.2. The number of amides is 3. The molecule has 0 aliphatic carbocycles. The second-order valence-corrected chi connectivity index (χ2v) is 7.42. The average Bonchev–Trinajstić information content (AvgIpc) is 3.03. The van der Waals surface area contributed by atoms with Gasteiger partial charge < -0.3 is 16.4 Å². The first-order chi connectivity index (χ1) is 11.8. The van der Waals surface area contributed by atoms with Crippen LogP contribution in [0.4, 0.5) is 15.5 Å². The Bertz CT molecular complexity index is 730. The van der Waals surface area contributed by atoms with Gasteiger partial charge in [-0.15, -0.1) is 11.3 Å². The fourth-order valence-electron chi connectivity index (χ4n) is 2.07. The molecule has 0 aliphatic rings. The molecule has 1 aromatic carbocycles. The molecule has 0 radical (unpaired) electrons. The third kappa shape index (κ3) is 5.04. The minimum atomic E-state index is -0.473. The molecule has 0 saturated carbocycles. The molecule has 5 N–H and O–H groups in total. The van der Waals surface area contributed by atoms with Crippen LogP contribution in [0, 0.1) is 5.92 Å². The fraction of sp³-hybridized carbons (Fsp3) is 0.333. The van der Waals surface area contributed by atoms with Crippen molar-refractivity contribution >= 4 is 34.0 Å². The highest BCUT2D eigenvalue weighted by molar-refractivity contribution is 7.18. The van der Waals surface area contributed by atoms with Crippen LogP contribution in [-0.4, -0.2) is 24.0 Å². The first kappa shape index (κ1) is 19.0. The van der Waals surface area contributed by atoms with Gasteiger partial charge >= 0.3 is 6.03 Å². The van der Waals surface area contributed by atoms with Crippen LogP contribution in [0.25, 0.3) is 0 Å². The lowest BCUT2D eigenvalue weighted by Gasteiger charge is -2.33. The van der Waals surface area contributed by atoms with Gasteiger partial charge in [-0.1, -0.05) is 32.0 Å². The number of rotatable bonds is 6. The fourth-order valence-corrected chi connectivity index (χ4v) is 2.87. The summed E-state index contributed by atoms with van der Waals surface area (Å²) < 4.78 is 0. The second-order valence-electron chi connectivity index (χ2n) is 6.34. The van der Waals surface area contributed by atoms with E-state index in [0.29, 0.717) is 22.1 Å². The van der Waals surface area contributed by atoms with Crippen LogP contribution in [0.1, 0.15) is 30.4 Å². The van der Waals surface area contributed by atoms with Gasteiger partial charge in [0.25, 0.3) is 5.91 Å². The normalized spacial score (nSPS) is 13.2. The van der Waals surface area contributed by atoms with E-state index >= 15 is 0 Å². The largest absolute Gasteiger partial charge is 0.345 e. The van der Waals surface area contributed by atoms with Crippen LogP contribution in [0.5, 0.6) is 0 Å². The predicted molar refractivity (Wildman–Crippen MR) is 103 cm³/mol. The standard InChI is InChI=1S/C18H24N4O2S/c1-12(2)18(3,11-19)22-16(23)14-9-10-15(25-14)21-17(24)20-13-7-5-4-6-8-13/h4-10,12H,11,19H2,1-3H3,(H,22,23)(H2,20,21,24). The third-order valence-electron chi connectivity index (χ3n) is 4.20. The van der Waals surface area contributed by atoms with Crippen molar-refractivity contribution in [1.29, 1.82) is 0 Å². The van der Waals surface area contributed by atoms with E-state index in [0.717, 1.165) is 0 Å². The maximum Gasteiger partial charge on any atom is 0.324 e. The summed E-state index contributed by atoms with van der Waals surface area (Å²) in [7, 11) is 0. The molecule has 1 aromatic heterocycles. The van der Waals surface area contributed by atoms with Gasteiger partial charge in [-0.25, -0.2) is 4.79 Å². The average molecular weight is 360 g/mol. The molecule has 1 unspecified atom stereocenters. The topological polar surface area (TPSA) is 96.2 Å². The van der Waals surface area contributed by atoms with E-state index in [1.807, 2.05) is 39.0 Å². The lowest BCUT2D eigenvalue weighted by molar-refractivity contribution is 0.0887. The Morgan fingerprint density at radius 1 is 1.12 bits per heavy atom. The van der Waals surface area contributed by atoms with Gasteiger partial charge in [-0.05, 0) is 37.1 Å². The monoisotopic (exact) mass is 360 g/mol. The second kappa shape index (κ2) is 8.13. The van der Waals surface area contributed by atoms with E-state index in [4.69, 9.17) is 5.73 Å². The van der Waals surface area contributed by atoms with Crippen LogP contribution < -0.4 is 21.7 Å². The van der Waals surface area contributed by atoms with Gasteiger partial charge in [0.2, 0.25) is 0 Å². The number of nitrogens with one attached hydrogen (secondary N) is 3. The number of benzene rings is 1. The van der Waals surface area contributed by atoms with Gasteiger partial charge in [0.15, 0.2) is 0 Å². The number of carbonyl (C=O) groups is 2. The number of nitrogens with two attached hydrogens (primary N) is 1. The molecule has 0 aliphatic heterocycles. The minimum absolute atomic E-state index is 0.192. The Balaban J connectivity index is 1.97. The highest BCUT2D eigenvalue weighted by Gasteiger charge is 2.29. The number of hydrogen-bond acceptors (Lipinski definition) is 4. The zero-order valence-corrected chi connectivity index (χ0v) is 15.4. The molecule has 1 atom stereocenters. The van der Waals surface area contributed by atoms with E-state index in [1.54, 1.807) is 24.3 Å². The quantitative estimate of drug-likeness (QED) is 0.635. The van der Waals surface area contributed by atoms with Crippen LogP contribution in [0.15, 0.2) is 42.5 Å². The van der Waals surface area contributed by atoms with Crippen molar-refractivity contribution in [2.75, 3.05) is 17.2 Å². The molecule has 0 saturated heterocycles. The van der Waals surface area contributed by atoms with Crippen molar-refractivity contribution in [3.05, 3.63) is 47.3 Å². The van der Waals surface area contributed by atoms with Crippen molar-refractivity contribution in [2.45, 2.75) is 26.3 Å². The summed E-state index contributed by atoms with van der Waals surface area (Å²) in [6.45, 7) is 6.31. The summed E-state index contributed by atoms with van der Waals surface area (Å²) in [4.78, 5) is 24.9. The highest BCUT2D eigenvalue weighted by atomic mass is 32.1. The van der Waals surface area contributed by atoms with E-state index in [-0.39, 0.29) is 17.9 Å². The maximum absolute atomic E-state index is 12.4. The summed E-state index contributed by atoms with van der Waals surface area (Å²) in [6.07, 6.45) is 0. The van der Waals surface area contributed by atoms with Crippen molar-refractivity contribution in [2.24, 2.45) is 11.7 Å². The van der Waals surface area contributed by atoms with Crippen LogP contribution in [0.2, 0.25) is 0 Å².